The number of ketones is 1. The number of carbonyl (C=O) groups is 1. The number of hydrogen-bond acceptors (Lipinski definition) is 6. The molecule has 0 atom stereocenters. The number of hydrogen-bond donors (Lipinski definition) is 2. The number of rotatable bonds is 4. The van der Waals surface area contributed by atoms with E-state index in [1.165, 1.54) is 31.0 Å². The van der Waals surface area contributed by atoms with E-state index >= 15 is 0 Å². The van der Waals surface area contributed by atoms with Gasteiger partial charge in [0.1, 0.15) is 5.56 Å². The number of aryl methyl sites for hydroxylation is 3. The van der Waals surface area contributed by atoms with Crippen LogP contribution in [0.25, 0.3) is 5.70 Å². The Morgan fingerprint density at radius 2 is 1.96 bits per heavy atom. The zero-order chi connectivity index (χ0) is 20.1. The number of nitrogens with one attached hydrogen (secondary N) is 2. The van der Waals surface area contributed by atoms with Crippen LogP contribution in [0.1, 0.15) is 38.3 Å². The van der Waals surface area contributed by atoms with E-state index in [-0.39, 0.29) is 21.8 Å². The van der Waals surface area contributed by atoms with E-state index < -0.39 is 21.2 Å². The summed E-state index contributed by atoms with van der Waals surface area (Å²) in [5, 5.41) is 2.81. The van der Waals surface area contributed by atoms with E-state index in [2.05, 4.69) is 10.6 Å². The molecular formula is C18H21N3O5S. The van der Waals surface area contributed by atoms with Gasteiger partial charge in [0.2, 0.25) is 5.78 Å². The fraction of sp³-hybridized carbons (Fsp3) is 0.333. The van der Waals surface area contributed by atoms with Gasteiger partial charge in [0.05, 0.1) is 23.5 Å². The average Bonchev–Trinajstić information content (AvgIpc) is 2.84. The van der Waals surface area contributed by atoms with Crippen LogP contribution in [-0.2, 0) is 21.7 Å². The van der Waals surface area contributed by atoms with Gasteiger partial charge in [0.15, 0.2) is 9.84 Å². The highest BCUT2D eigenvalue weighted by molar-refractivity contribution is 7.91. The van der Waals surface area contributed by atoms with Gasteiger partial charge in [-0.2, -0.15) is 0 Å². The summed E-state index contributed by atoms with van der Waals surface area (Å²) in [5.74, 6) is -0.603. The third kappa shape index (κ3) is 2.92. The lowest BCUT2D eigenvalue weighted by Gasteiger charge is -2.24. The maximum Gasteiger partial charge on any atom is 0.277 e. The number of aromatic nitrogens is 2. The molecule has 0 aliphatic carbocycles. The number of H-pyrrole nitrogens is 1. The fourth-order valence-electron chi connectivity index (χ4n) is 3.52. The molecule has 1 aliphatic rings. The zero-order valence-corrected chi connectivity index (χ0v) is 16.6. The third-order valence-electron chi connectivity index (χ3n) is 4.72. The fourth-order valence-corrected chi connectivity index (χ4v) is 5.20. The molecule has 27 heavy (non-hydrogen) atoms. The van der Waals surface area contributed by atoms with Crippen molar-refractivity contribution in [1.29, 1.82) is 0 Å². The van der Waals surface area contributed by atoms with Crippen molar-refractivity contribution >= 4 is 21.3 Å². The second-order valence-corrected chi connectivity index (χ2v) is 8.55. The molecule has 2 heterocycles. The largest absolute Gasteiger partial charge is 0.299 e. The Morgan fingerprint density at radius 3 is 2.52 bits per heavy atom. The Labute approximate surface area is 156 Å². The summed E-state index contributed by atoms with van der Waals surface area (Å²) in [6.07, 6.45) is 1.52. The summed E-state index contributed by atoms with van der Waals surface area (Å²) in [5.41, 5.74) is 4.86. The van der Waals surface area contributed by atoms with E-state index in [9.17, 15) is 18.0 Å². The molecule has 3 rings (SSSR count). The van der Waals surface area contributed by atoms with Crippen molar-refractivity contribution in [2.24, 2.45) is 7.05 Å². The first-order chi connectivity index (χ1) is 12.6. The molecule has 0 bridgehead atoms. The number of aromatic amines is 1. The minimum Gasteiger partial charge on any atom is -0.299 e. The predicted molar refractivity (Wildman–Crippen MR) is 100 cm³/mol. The Balaban J connectivity index is 2.31. The lowest BCUT2D eigenvalue weighted by atomic mass is 9.92. The molecule has 1 aromatic heterocycles. The Kier molecular flexibility index (Phi) is 4.61. The maximum atomic E-state index is 13.1. The lowest BCUT2D eigenvalue weighted by molar-refractivity contribution is 0.103. The standard InChI is InChI=1S/C18H21N3O5S/c1-9-8-12(16(22)15-11(3)19-21(4)18(15)23)10(2)14-13(20-26-5)6-7-27(24,25)17(9)14/h6,8,19-20H,7H2,1-5H3. The summed E-state index contributed by atoms with van der Waals surface area (Å²) in [6, 6.07) is 1.54. The van der Waals surface area contributed by atoms with Gasteiger partial charge >= 0.3 is 0 Å². The highest BCUT2D eigenvalue weighted by Gasteiger charge is 2.32. The van der Waals surface area contributed by atoms with Crippen LogP contribution in [0.5, 0.6) is 0 Å². The van der Waals surface area contributed by atoms with Crippen molar-refractivity contribution in [3.8, 4) is 0 Å². The molecule has 0 fully saturated rings. The molecule has 0 saturated carbocycles. The van der Waals surface area contributed by atoms with E-state index in [4.69, 9.17) is 4.84 Å². The first-order valence-electron chi connectivity index (χ1n) is 8.27. The number of fused-ring (bicyclic) bond motifs is 1. The molecule has 8 nitrogen and oxygen atoms in total. The highest BCUT2D eigenvalue weighted by Crippen LogP contribution is 2.35. The van der Waals surface area contributed by atoms with Crippen LogP contribution in [0.2, 0.25) is 0 Å². The van der Waals surface area contributed by atoms with Crippen LogP contribution in [0.15, 0.2) is 21.8 Å². The minimum absolute atomic E-state index is 0.0452. The zero-order valence-electron chi connectivity index (χ0n) is 15.8. The van der Waals surface area contributed by atoms with Crippen LogP contribution in [0.3, 0.4) is 0 Å². The first kappa shape index (κ1) is 19.1. The smallest absolute Gasteiger partial charge is 0.277 e. The van der Waals surface area contributed by atoms with E-state index in [1.807, 2.05) is 0 Å². The molecule has 0 amide bonds. The van der Waals surface area contributed by atoms with Gasteiger partial charge in [-0.05, 0) is 44.0 Å². The number of nitrogens with zero attached hydrogens (tertiary/aromatic N) is 1. The van der Waals surface area contributed by atoms with Crippen LogP contribution in [0.4, 0.5) is 0 Å². The molecule has 1 aliphatic heterocycles. The Bertz CT molecular complexity index is 1150. The summed E-state index contributed by atoms with van der Waals surface area (Å²) >= 11 is 0. The topological polar surface area (TPSA) is 110 Å². The minimum atomic E-state index is -3.52. The molecule has 144 valence electrons. The second kappa shape index (κ2) is 6.50. The summed E-state index contributed by atoms with van der Waals surface area (Å²) in [7, 11) is -0.562. The molecule has 0 saturated heterocycles. The highest BCUT2D eigenvalue weighted by atomic mass is 32.2. The van der Waals surface area contributed by atoms with Gasteiger partial charge in [0.25, 0.3) is 5.56 Å². The van der Waals surface area contributed by atoms with Crippen LogP contribution in [-0.4, -0.2) is 36.8 Å². The second-order valence-electron chi connectivity index (χ2n) is 6.58. The van der Waals surface area contributed by atoms with Crippen molar-refractivity contribution in [1.82, 2.24) is 15.3 Å². The van der Waals surface area contributed by atoms with Crippen molar-refractivity contribution in [3.63, 3.8) is 0 Å². The number of hydroxylamine groups is 1. The first-order valence-corrected chi connectivity index (χ1v) is 9.92. The Hall–Kier alpha value is -2.65. The van der Waals surface area contributed by atoms with Crippen LogP contribution >= 0.6 is 0 Å². The summed E-state index contributed by atoms with van der Waals surface area (Å²) in [4.78, 5) is 30.6. The van der Waals surface area contributed by atoms with Gasteiger partial charge in [-0.3, -0.25) is 29.7 Å². The van der Waals surface area contributed by atoms with Gasteiger partial charge in [-0.25, -0.2) is 8.42 Å². The SMILES string of the molecule is CONC1=CCS(=O)(=O)c2c(C)cc(C(=O)c3c(C)[nH]n(C)c3=O)c(C)c21. The summed E-state index contributed by atoms with van der Waals surface area (Å²) < 4.78 is 26.4. The quantitative estimate of drug-likeness (QED) is 0.598. The molecule has 0 radical (unpaired) electrons. The number of sulfone groups is 1. The normalized spacial score (nSPS) is 15.2. The van der Waals surface area contributed by atoms with Gasteiger partial charge in [-0.1, -0.05) is 0 Å². The van der Waals surface area contributed by atoms with E-state index in [0.29, 0.717) is 28.1 Å². The van der Waals surface area contributed by atoms with E-state index in [0.717, 1.165) is 0 Å². The van der Waals surface area contributed by atoms with Crippen molar-refractivity contribution in [2.45, 2.75) is 25.7 Å². The summed E-state index contributed by atoms with van der Waals surface area (Å²) in [6.45, 7) is 4.96. The van der Waals surface area contributed by atoms with Crippen LogP contribution < -0.4 is 11.0 Å². The number of benzene rings is 1. The van der Waals surface area contributed by atoms with Crippen molar-refractivity contribution in [3.05, 3.63) is 56.0 Å². The average molecular weight is 391 g/mol. The molecule has 1 aromatic carbocycles. The molecule has 0 spiro atoms. The Morgan fingerprint density at radius 1 is 1.30 bits per heavy atom. The van der Waals surface area contributed by atoms with Crippen molar-refractivity contribution in [2.75, 3.05) is 12.9 Å². The van der Waals surface area contributed by atoms with Crippen LogP contribution in [0, 0.1) is 20.8 Å². The molecule has 2 N–H and O–H groups in total. The van der Waals surface area contributed by atoms with Crippen molar-refractivity contribution < 1.29 is 18.0 Å². The molecule has 9 heteroatoms. The van der Waals surface area contributed by atoms with Gasteiger partial charge in [-0.15, -0.1) is 0 Å². The lowest BCUT2D eigenvalue weighted by Crippen LogP contribution is -2.25. The predicted octanol–water partition coefficient (Wildman–Crippen LogP) is 1.15. The maximum absolute atomic E-state index is 13.1. The van der Waals surface area contributed by atoms with E-state index in [1.54, 1.807) is 20.8 Å². The molecule has 2 aromatic rings. The number of carbonyl (C=O) groups excluding carboxylic acids is 1. The monoisotopic (exact) mass is 391 g/mol. The molecular weight excluding hydrogens is 370 g/mol. The molecule has 0 unspecified atom stereocenters. The van der Waals surface area contributed by atoms with Gasteiger partial charge in [0, 0.05) is 23.9 Å². The van der Waals surface area contributed by atoms with Gasteiger partial charge < -0.3 is 0 Å². The third-order valence-corrected chi connectivity index (χ3v) is 6.48.